The summed E-state index contributed by atoms with van der Waals surface area (Å²) in [5.74, 6) is -1.41. The Bertz CT molecular complexity index is 1310. The van der Waals surface area contributed by atoms with E-state index in [1.54, 1.807) is 12.1 Å². The first-order chi connectivity index (χ1) is 19.9. The molecule has 0 unspecified atom stereocenters. The predicted octanol–water partition coefficient (Wildman–Crippen LogP) is 9.30. The van der Waals surface area contributed by atoms with E-state index in [0.717, 1.165) is 18.4 Å². The molecule has 3 nitrogen and oxygen atoms in total. The van der Waals surface area contributed by atoms with Crippen LogP contribution in [0.4, 0.5) is 14.5 Å². The second-order valence-corrected chi connectivity index (χ2v) is 17.0. The van der Waals surface area contributed by atoms with Gasteiger partial charge in [-0.25, -0.2) is 0 Å². The minimum atomic E-state index is -4.04. The first-order valence-corrected chi connectivity index (χ1v) is 19.1. The maximum atomic E-state index is 15.9. The fourth-order valence-electron chi connectivity index (χ4n) is 5.59. The van der Waals surface area contributed by atoms with Crippen molar-refractivity contribution in [1.82, 2.24) is 0 Å². The van der Waals surface area contributed by atoms with Crippen LogP contribution in [-0.2, 0) is 34.3 Å². The van der Waals surface area contributed by atoms with Gasteiger partial charge in [0.15, 0.2) is 0 Å². The van der Waals surface area contributed by atoms with Crippen LogP contribution in [-0.4, -0.2) is 8.42 Å². The second kappa shape index (κ2) is 15.8. The Hall–Kier alpha value is -2.28. The van der Waals surface area contributed by atoms with Gasteiger partial charge in [-0.15, -0.1) is 0 Å². The van der Waals surface area contributed by atoms with Crippen LogP contribution in [0.15, 0.2) is 89.9 Å². The summed E-state index contributed by atoms with van der Waals surface area (Å²) in [7, 11) is -4.04. The molecule has 2 aliphatic carbocycles. The molecule has 0 bridgehead atoms. The molecule has 0 fully saturated rings. The SMILES string of the molecule is CCCCCCCCCCCCc1ccc(S(=O)(=O)Nc2ccc(F)[c]([Ti]([CH]3C=CC=C3)[CH]3C=CC=C3)c2F)cc1. The molecule has 41 heavy (non-hydrogen) atoms. The monoisotopic (exact) mass is 614 g/mol. The summed E-state index contributed by atoms with van der Waals surface area (Å²) in [5, 5.41) is 0. The number of hydrogen-bond acceptors (Lipinski definition) is 2. The quantitative estimate of drug-likeness (QED) is 0.143. The van der Waals surface area contributed by atoms with Crippen LogP contribution in [0.2, 0.25) is 8.45 Å². The van der Waals surface area contributed by atoms with Crippen molar-refractivity contribution in [1.29, 1.82) is 0 Å². The van der Waals surface area contributed by atoms with Crippen LogP contribution in [0.3, 0.4) is 0 Å². The molecule has 0 spiro atoms. The summed E-state index contributed by atoms with van der Waals surface area (Å²) >= 11 is -2.67. The van der Waals surface area contributed by atoms with Crippen molar-refractivity contribution in [2.45, 2.75) is 90.9 Å². The fraction of sp³-hybridized carbons (Fsp3) is 0.412. The number of aryl methyl sites for hydroxylation is 1. The Morgan fingerprint density at radius 1 is 0.707 bits per heavy atom. The van der Waals surface area contributed by atoms with E-state index in [2.05, 4.69) is 11.6 Å². The van der Waals surface area contributed by atoms with Gasteiger partial charge in [0.1, 0.15) is 0 Å². The number of rotatable bonds is 17. The average molecular weight is 615 g/mol. The number of allylic oxidation sites excluding steroid dienone is 8. The van der Waals surface area contributed by atoms with Gasteiger partial charge in [-0.3, -0.25) is 0 Å². The molecular weight excluding hydrogens is 572 g/mol. The fourth-order valence-corrected chi connectivity index (χ4v) is 11.5. The van der Waals surface area contributed by atoms with Crippen molar-refractivity contribution >= 4 is 19.6 Å². The standard InChI is InChI=1S/C24H32F2NO2S.2C5H5.Ti/c1-2-3-4-5-6-7-8-9-10-11-12-20-13-16-22(17-14-20)30(28,29)27-24-18-15-21(25)19-23(24)26;2*1-2-4-5-3-1;/h13-18,27H,2-12H2,1H3;2*1-5H;. The van der Waals surface area contributed by atoms with Crippen LogP contribution in [0.5, 0.6) is 0 Å². The summed E-state index contributed by atoms with van der Waals surface area (Å²) in [4.78, 5) is 0.0640. The minimum absolute atomic E-state index is 0.0358. The van der Waals surface area contributed by atoms with Gasteiger partial charge in [0.25, 0.3) is 0 Å². The van der Waals surface area contributed by atoms with Crippen molar-refractivity contribution in [3.63, 3.8) is 0 Å². The predicted molar refractivity (Wildman–Crippen MR) is 163 cm³/mol. The van der Waals surface area contributed by atoms with Gasteiger partial charge in [-0.05, 0) is 0 Å². The van der Waals surface area contributed by atoms with Crippen LogP contribution in [0.25, 0.3) is 0 Å². The second-order valence-electron chi connectivity index (χ2n) is 11.0. The van der Waals surface area contributed by atoms with Crippen LogP contribution in [0, 0.1) is 11.6 Å². The summed E-state index contributed by atoms with van der Waals surface area (Å²) in [6, 6.07) is 9.16. The number of unbranched alkanes of at least 4 members (excludes halogenated alkanes) is 9. The molecule has 0 saturated carbocycles. The zero-order chi connectivity index (χ0) is 29.1. The van der Waals surface area contributed by atoms with Crippen molar-refractivity contribution in [2.24, 2.45) is 0 Å². The van der Waals surface area contributed by atoms with E-state index in [4.69, 9.17) is 0 Å². The summed E-state index contributed by atoms with van der Waals surface area (Å²) in [6.07, 6.45) is 29.2. The molecule has 0 aliphatic heterocycles. The van der Waals surface area contributed by atoms with E-state index in [-0.39, 0.29) is 22.9 Å². The van der Waals surface area contributed by atoms with Crippen molar-refractivity contribution in [3.8, 4) is 0 Å². The normalized spacial score (nSPS) is 14.9. The number of hydrogen-bond donors (Lipinski definition) is 1. The van der Waals surface area contributed by atoms with Gasteiger partial charge in [-0.2, -0.15) is 0 Å². The van der Waals surface area contributed by atoms with E-state index >= 15 is 8.78 Å². The molecule has 0 amide bonds. The van der Waals surface area contributed by atoms with Crippen molar-refractivity contribution in [3.05, 3.63) is 102 Å². The molecule has 0 aromatic heterocycles. The maximum absolute atomic E-state index is 15.9. The molecule has 0 saturated heterocycles. The van der Waals surface area contributed by atoms with Crippen LogP contribution in [0.1, 0.15) is 76.7 Å². The Morgan fingerprint density at radius 2 is 1.22 bits per heavy atom. The van der Waals surface area contributed by atoms with E-state index in [9.17, 15) is 8.42 Å². The molecule has 0 radical (unpaired) electrons. The molecule has 1 N–H and O–H groups in total. The Morgan fingerprint density at radius 3 is 1.76 bits per heavy atom. The van der Waals surface area contributed by atoms with Crippen LogP contribution >= 0.6 is 0 Å². The van der Waals surface area contributed by atoms with Gasteiger partial charge < -0.3 is 0 Å². The zero-order valence-corrected chi connectivity index (χ0v) is 26.4. The number of halogens is 2. The molecule has 2 aromatic rings. The van der Waals surface area contributed by atoms with Gasteiger partial charge in [-0.1, -0.05) is 58.3 Å². The number of anilines is 1. The van der Waals surface area contributed by atoms with E-state index in [1.807, 2.05) is 60.7 Å². The molecule has 0 atom stereocenters. The number of nitrogens with one attached hydrogen (secondary N) is 1. The summed E-state index contributed by atoms with van der Waals surface area (Å²) in [5.41, 5.74) is 0.877. The Kier molecular flexibility index (Phi) is 12.2. The topological polar surface area (TPSA) is 46.2 Å². The van der Waals surface area contributed by atoms with E-state index in [0.29, 0.717) is 0 Å². The molecule has 2 aromatic carbocycles. The first-order valence-electron chi connectivity index (χ1n) is 15.1. The molecule has 4 rings (SSSR count). The third-order valence-electron chi connectivity index (χ3n) is 7.89. The average Bonchev–Trinajstić information content (AvgIpc) is 3.69. The summed E-state index contributed by atoms with van der Waals surface area (Å²) < 4.78 is 59.8. The third kappa shape index (κ3) is 8.86. The Balaban J connectivity index is 1.36. The van der Waals surface area contributed by atoms with Gasteiger partial charge in [0, 0.05) is 0 Å². The van der Waals surface area contributed by atoms with Gasteiger partial charge >= 0.3 is 194 Å². The zero-order valence-electron chi connectivity index (χ0n) is 24.0. The molecular formula is C34H42F2NO2STi. The summed E-state index contributed by atoms with van der Waals surface area (Å²) in [6.45, 7) is 2.24. The third-order valence-corrected chi connectivity index (χ3v) is 14.3. The van der Waals surface area contributed by atoms with E-state index in [1.165, 1.54) is 69.9 Å². The van der Waals surface area contributed by atoms with Gasteiger partial charge in [0.2, 0.25) is 0 Å². The van der Waals surface area contributed by atoms with E-state index < -0.39 is 39.5 Å². The van der Waals surface area contributed by atoms with Crippen LogP contribution < -0.4 is 8.59 Å². The molecule has 7 heteroatoms. The Labute approximate surface area is 251 Å². The number of benzene rings is 2. The first kappa shape index (κ1) is 31.7. The van der Waals surface area contributed by atoms with Crippen molar-refractivity contribution < 1.29 is 35.1 Å². The molecule has 0 heterocycles. The van der Waals surface area contributed by atoms with Gasteiger partial charge in [0.05, 0.1) is 0 Å². The molecule has 219 valence electrons. The number of sulfonamides is 1. The van der Waals surface area contributed by atoms with Crippen molar-refractivity contribution in [2.75, 3.05) is 4.72 Å². The molecule has 2 aliphatic rings.